The molecule has 4 rings (SSSR count). The van der Waals surface area contributed by atoms with Gasteiger partial charge in [0.2, 0.25) is 6.17 Å². The van der Waals surface area contributed by atoms with Gasteiger partial charge in [-0.2, -0.15) is 5.10 Å². The van der Waals surface area contributed by atoms with E-state index in [2.05, 4.69) is 19.1 Å². The van der Waals surface area contributed by atoms with Gasteiger partial charge in [-0.25, -0.2) is 4.68 Å². The van der Waals surface area contributed by atoms with E-state index >= 15 is 0 Å². The SMILES string of the molecule is Cc1nn(-c2ccccc2)c(Cl)c1C1[NH+]2CCC[NH+]1CC2. The van der Waals surface area contributed by atoms with E-state index in [4.69, 9.17) is 16.7 Å². The van der Waals surface area contributed by atoms with Crippen LogP contribution in [0.2, 0.25) is 5.15 Å². The lowest BCUT2D eigenvalue weighted by Crippen LogP contribution is -3.26. The molecule has 1 aromatic carbocycles. The van der Waals surface area contributed by atoms with Crippen LogP contribution in [0.5, 0.6) is 0 Å². The van der Waals surface area contributed by atoms with Gasteiger partial charge in [0.05, 0.1) is 24.5 Å². The lowest BCUT2D eigenvalue weighted by atomic mass is 10.1. The number of rotatable bonds is 2. The Kier molecular flexibility index (Phi) is 3.25. The van der Waals surface area contributed by atoms with Crippen molar-refractivity contribution in [3.8, 4) is 5.69 Å². The number of nitrogens with one attached hydrogen (secondary N) is 2. The van der Waals surface area contributed by atoms with Gasteiger partial charge in [-0.05, 0) is 19.1 Å². The smallest absolute Gasteiger partial charge is 0.245 e. The van der Waals surface area contributed by atoms with Crippen LogP contribution in [-0.4, -0.2) is 36.0 Å². The van der Waals surface area contributed by atoms with Crippen molar-refractivity contribution in [1.29, 1.82) is 0 Å². The first kappa shape index (κ1) is 13.3. The third-order valence-corrected chi connectivity index (χ3v) is 5.28. The van der Waals surface area contributed by atoms with E-state index in [-0.39, 0.29) is 0 Å². The predicted molar refractivity (Wildman–Crippen MR) is 82.1 cm³/mol. The quantitative estimate of drug-likeness (QED) is 0.804. The largest absolute Gasteiger partial charge is 0.277 e. The van der Waals surface area contributed by atoms with E-state index in [1.807, 2.05) is 22.9 Å². The molecule has 3 heterocycles. The zero-order chi connectivity index (χ0) is 14.4. The third-order valence-electron chi connectivity index (χ3n) is 4.92. The summed E-state index contributed by atoms with van der Waals surface area (Å²) in [7, 11) is 0. The molecule has 5 heteroatoms. The highest BCUT2D eigenvalue weighted by atomic mass is 35.5. The number of nitrogens with zero attached hydrogens (tertiary/aromatic N) is 2. The Hall–Kier alpha value is -1.36. The number of quaternary nitrogens is 2. The molecule has 4 nitrogen and oxygen atoms in total. The average Bonchev–Trinajstić information content (AvgIpc) is 2.92. The number of hydrogen-bond donors (Lipinski definition) is 2. The molecule has 2 atom stereocenters. The Morgan fingerprint density at radius 2 is 1.76 bits per heavy atom. The van der Waals surface area contributed by atoms with Gasteiger partial charge in [-0.3, -0.25) is 9.80 Å². The van der Waals surface area contributed by atoms with Crippen LogP contribution in [0.15, 0.2) is 30.3 Å². The Morgan fingerprint density at radius 1 is 1.10 bits per heavy atom. The Balaban J connectivity index is 1.79. The van der Waals surface area contributed by atoms with E-state index in [0.29, 0.717) is 6.17 Å². The molecular weight excluding hydrogens is 284 g/mol. The summed E-state index contributed by atoms with van der Waals surface area (Å²) in [6.45, 7) is 7.13. The summed E-state index contributed by atoms with van der Waals surface area (Å²) in [5, 5.41) is 5.50. The van der Waals surface area contributed by atoms with Gasteiger partial charge < -0.3 is 0 Å². The van der Waals surface area contributed by atoms with E-state index < -0.39 is 0 Å². The Morgan fingerprint density at radius 3 is 2.43 bits per heavy atom. The predicted octanol–water partition coefficient (Wildman–Crippen LogP) is 0.0198. The van der Waals surface area contributed by atoms with Gasteiger partial charge in [-0.1, -0.05) is 29.8 Å². The highest BCUT2D eigenvalue weighted by Gasteiger charge is 2.46. The zero-order valence-corrected chi connectivity index (χ0v) is 13.0. The van der Waals surface area contributed by atoms with Crippen LogP contribution in [0.25, 0.3) is 5.69 Å². The van der Waals surface area contributed by atoms with E-state index in [1.165, 1.54) is 38.2 Å². The minimum absolute atomic E-state index is 0.476. The minimum Gasteiger partial charge on any atom is -0.277 e. The van der Waals surface area contributed by atoms with Crippen molar-refractivity contribution in [3.63, 3.8) is 0 Å². The van der Waals surface area contributed by atoms with Gasteiger partial charge in [0.25, 0.3) is 0 Å². The number of halogens is 1. The maximum Gasteiger partial charge on any atom is 0.245 e. The molecule has 1 aromatic heterocycles. The number of hydrogen-bond acceptors (Lipinski definition) is 1. The molecule has 21 heavy (non-hydrogen) atoms. The molecule has 2 aliphatic rings. The summed E-state index contributed by atoms with van der Waals surface area (Å²) >= 11 is 6.73. The molecule has 110 valence electrons. The second-order valence-corrected chi connectivity index (χ2v) is 6.50. The molecule has 2 bridgehead atoms. The average molecular weight is 305 g/mol. The maximum atomic E-state index is 6.73. The van der Waals surface area contributed by atoms with Crippen LogP contribution < -0.4 is 9.80 Å². The number of aryl methyl sites for hydroxylation is 1. The minimum atomic E-state index is 0.476. The van der Waals surface area contributed by atoms with Gasteiger partial charge >= 0.3 is 0 Å². The van der Waals surface area contributed by atoms with Crippen molar-refractivity contribution in [1.82, 2.24) is 9.78 Å². The topological polar surface area (TPSA) is 26.7 Å². The summed E-state index contributed by atoms with van der Waals surface area (Å²) in [5.41, 5.74) is 3.37. The fourth-order valence-corrected chi connectivity index (χ4v) is 4.35. The number of aromatic nitrogens is 2. The van der Waals surface area contributed by atoms with Gasteiger partial charge in [0.15, 0.2) is 0 Å². The maximum absolute atomic E-state index is 6.73. The molecule has 2 N–H and O–H groups in total. The lowest BCUT2D eigenvalue weighted by molar-refractivity contribution is -1.09. The van der Waals surface area contributed by atoms with Crippen LogP contribution in [0.4, 0.5) is 0 Å². The molecular formula is C16H21ClN4+2. The Labute approximate surface area is 129 Å². The fraction of sp³-hybridized carbons (Fsp3) is 0.438. The summed E-state index contributed by atoms with van der Waals surface area (Å²) in [6.07, 6.45) is 1.80. The van der Waals surface area contributed by atoms with Gasteiger partial charge in [-0.15, -0.1) is 0 Å². The summed E-state index contributed by atoms with van der Waals surface area (Å²) in [5.74, 6) is 0. The van der Waals surface area contributed by atoms with Crippen molar-refractivity contribution in [2.75, 3.05) is 26.2 Å². The zero-order valence-electron chi connectivity index (χ0n) is 12.3. The van der Waals surface area contributed by atoms with E-state index in [0.717, 1.165) is 16.5 Å². The van der Waals surface area contributed by atoms with Crippen molar-refractivity contribution in [2.45, 2.75) is 19.5 Å². The first-order valence-corrected chi connectivity index (χ1v) is 8.13. The van der Waals surface area contributed by atoms with Crippen LogP contribution in [0, 0.1) is 6.92 Å². The second-order valence-electron chi connectivity index (χ2n) is 6.14. The second kappa shape index (κ2) is 5.13. The molecule has 0 radical (unpaired) electrons. The molecule has 0 aliphatic carbocycles. The highest BCUT2D eigenvalue weighted by Crippen LogP contribution is 2.26. The van der Waals surface area contributed by atoms with Crippen molar-refractivity contribution >= 4 is 11.6 Å². The van der Waals surface area contributed by atoms with Crippen LogP contribution in [0.3, 0.4) is 0 Å². The third kappa shape index (κ3) is 2.09. The fourth-order valence-electron chi connectivity index (χ4n) is 3.97. The van der Waals surface area contributed by atoms with Gasteiger partial charge in [0.1, 0.15) is 23.8 Å². The van der Waals surface area contributed by atoms with E-state index in [1.54, 1.807) is 9.80 Å². The summed E-state index contributed by atoms with van der Waals surface area (Å²) in [4.78, 5) is 3.35. The summed E-state index contributed by atoms with van der Waals surface area (Å²) < 4.78 is 1.89. The number of fused-ring (bicyclic) bond motifs is 2. The molecule has 0 amide bonds. The first-order valence-electron chi connectivity index (χ1n) is 7.75. The van der Waals surface area contributed by atoms with Crippen LogP contribution in [0.1, 0.15) is 23.8 Å². The van der Waals surface area contributed by atoms with Crippen LogP contribution in [-0.2, 0) is 0 Å². The standard InChI is InChI=1S/C16H19ClN4/c1-12-14(16-19-8-5-9-20(16)11-10-19)15(17)21(18-12)13-6-3-2-4-7-13/h2-4,6-7,16H,5,8-11H2,1H3/p+2. The number of para-hydroxylation sites is 1. The van der Waals surface area contributed by atoms with Crippen molar-refractivity contribution in [2.24, 2.45) is 0 Å². The molecule has 2 aliphatic heterocycles. The summed E-state index contributed by atoms with van der Waals surface area (Å²) in [6, 6.07) is 10.2. The highest BCUT2D eigenvalue weighted by molar-refractivity contribution is 6.30. The first-order chi connectivity index (χ1) is 10.3. The van der Waals surface area contributed by atoms with Crippen LogP contribution >= 0.6 is 11.6 Å². The van der Waals surface area contributed by atoms with E-state index in [9.17, 15) is 0 Å². The monoisotopic (exact) mass is 304 g/mol. The van der Waals surface area contributed by atoms with Gasteiger partial charge in [0, 0.05) is 6.42 Å². The normalized spacial score (nSPS) is 28.0. The van der Waals surface area contributed by atoms with Crippen molar-refractivity contribution in [3.05, 3.63) is 46.7 Å². The Bertz CT molecular complexity index is 636. The molecule has 2 aromatic rings. The lowest BCUT2D eigenvalue weighted by Gasteiger charge is -2.28. The molecule has 2 saturated heterocycles. The molecule has 2 unspecified atom stereocenters. The molecule has 0 saturated carbocycles. The number of benzene rings is 1. The van der Waals surface area contributed by atoms with Crippen molar-refractivity contribution < 1.29 is 9.80 Å². The molecule has 2 fully saturated rings. The molecule has 0 spiro atoms.